The van der Waals surface area contributed by atoms with E-state index in [0.717, 1.165) is 11.3 Å². The van der Waals surface area contributed by atoms with E-state index in [9.17, 15) is 9.59 Å². The first-order chi connectivity index (χ1) is 10.1. The predicted molar refractivity (Wildman–Crippen MR) is 83.6 cm³/mol. The van der Waals surface area contributed by atoms with Gasteiger partial charge in [0.1, 0.15) is 6.04 Å². The second-order valence-electron chi connectivity index (χ2n) is 4.77. The monoisotopic (exact) mass is 328 g/mol. The Morgan fingerprint density at radius 2 is 2.19 bits per heavy atom. The van der Waals surface area contributed by atoms with Crippen LogP contribution >= 0.6 is 23.4 Å². The Kier molecular flexibility index (Phi) is 5.90. The number of hydrogen-bond acceptors (Lipinski definition) is 4. The van der Waals surface area contributed by atoms with Crippen LogP contribution in [0, 0.1) is 0 Å². The highest BCUT2D eigenvalue weighted by Gasteiger charge is 2.29. The molecule has 1 aliphatic rings. The molecular formula is C14H17ClN2O3S. The lowest BCUT2D eigenvalue weighted by Crippen LogP contribution is -2.50. The molecule has 0 spiro atoms. The lowest BCUT2D eigenvalue weighted by atomic mass is 10.2. The van der Waals surface area contributed by atoms with Gasteiger partial charge in [0.2, 0.25) is 5.91 Å². The van der Waals surface area contributed by atoms with Gasteiger partial charge in [-0.25, -0.2) is 0 Å². The van der Waals surface area contributed by atoms with E-state index in [2.05, 4.69) is 5.32 Å². The Bertz CT molecular complexity index is 527. The first-order valence-electron chi connectivity index (χ1n) is 6.62. The van der Waals surface area contributed by atoms with Crippen molar-refractivity contribution in [1.29, 1.82) is 0 Å². The number of rotatable bonds is 5. The number of hydrogen-bond donors (Lipinski definition) is 2. The van der Waals surface area contributed by atoms with Crippen LogP contribution in [-0.2, 0) is 16.1 Å². The fourth-order valence-corrected chi connectivity index (χ4v) is 3.44. The Hall–Kier alpha value is -1.24. The maximum Gasteiger partial charge on any atom is 0.321 e. The number of nitrogens with zero attached hydrogens (tertiary/aromatic N) is 1. The number of carbonyl (C=O) groups is 2. The van der Waals surface area contributed by atoms with Gasteiger partial charge in [-0.15, -0.1) is 0 Å². The van der Waals surface area contributed by atoms with Crippen molar-refractivity contribution < 1.29 is 14.7 Å². The maximum absolute atomic E-state index is 12.0. The number of carboxylic acids is 1. The molecule has 1 aromatic rings. The Morgan fingerprint density at radius 3 is 2.90 bits per heavy atom. The van der Waals surface area contributed by atoms with Crippen LogP contribution in [0.1, 0.15) is 5.56 Å². The number of benzene rings is 1. The second kappa shape index (κ2) is 7.68. The molecule has 114 valence electrons. The summed E-state index contributed by atoms with van der Waals surface area (Å²) >= 11 is 7.62. The molecule has 21 heavy (non-hydrogen) atoms. The molecular weight excluding hydrogens is 312 g/mol. The van der Waals surface area contributed by atoms with E-state index in [1.807, 2.05) is 18.2 Å². The highest BCUT2D eigenvalue weighted by Crippen LogP contribution is 2.17. The molecule has 0 saturated carbocycles. The van der Waals surface area contributed by atoms with Gasteiger partial charge in [-0.1, -0.05) is 29.8 Å². The molecule has 5 nitrogen and oxygen atoms in total. The van der Waals surface area contributed by atoms with Crippen LogP contribution in [0.2, 0.25) is 5.02 Å². The van der Waals surface area contributed by atoms with E-state index in [4.69, 9.17) is 16.7 Å². The summed E-state index contributed by atoms with van der Waals surface area (Å²) < 4.78 is 0. The fraction of sp³-hybridized carbons (Fsp3) is 0.429. The molecule has 0 aromatic heterocycles. The van der Waals surface area contributed by atoms with Crippen LogP contribution in [0.15, 0.2) is 24.3 Å². The van der Waals surface area contributed by atoms with Crippen molar-refractivity contribution >= 4 is 35.2 Å². The Morgan fingerprint density at radius 1 is 1.43 bits per heavy atom. The van der Waals surface area contributed by atoms with Gasteiger partial charge in [0.05, 0.1) is 6.54 Å². The first kappa shape index (κ1) is 16.1. The topological polar surface area (TPSA) is 69.6 Å². The fourth-order valence-electron chi connectivity index (χ4n) is 2.13. The maximum atomic E-state index is 12.0. The van der Waals surface area contributed by atoms with Crippen LogP contribution in [-0.4, -0.2) is 52.5 Å². The summed E-state index contributed by atoms with van der Waals surface area (Å²) in [6.45, 7) is 1.06. The molecule has 1 amide bonds. The van der Waals surface area contributed by atoms with Crippen molar-refractivity contribution in [3.63, 3.8) is 0 Å². The van der Waals surface area contributed by atoms with Crippen LogP contribution < -0.4 is 5.32 Å². The summed E-state index contributed by atoms with van der Waals surface area (Å²) in [6.07, 6.45) is 0. The van der Waals surface area contributed by atoms with Gasteiger partial charge in [0.25, 0.3) is 0 Å². The highest BCUT2D eigenvalue weighted by atomic mass is 35.5. The number of nitrogens with one attached hydrogen (secondary N) is 1. The zero-order valence-electron chi connectivity index (χ0n) is 11.4. The number of carbonyl (C=O) groups excluding carboxylic acids is 1. The molecule has 1 heterocycles. The van der Waals surface area contributed by atoms with Crippen molar-refractivity contribution in [3.8, 4) is 0 Å². The summed E-state index contributed by atoms with van der Waals surface area (Å²) in [6, 6.07) is 6.72. The van der Waals surface area contributed by atoms with Gasteiger partial charge in [0, 0.05) is 29.6 Å². The smallest absolute Gasteiger partial charge is 0.321 e. The normalized spacial score (nSPS) is 19.2. The molecule has 0 radical (unpaired) electrons. The zero-order chi connectivity index (χ0) is 15.2. The van der Waals surface area contributed by atoms with Gasteiger partial charge in [-0.05, 0) is 11.6 Å². The van der Waals surface area contributed by atoms with Crippen molar-refractivity contribution in [2.45, 2.75) is 12.6 Å². The van der Waals surface area contributed by atoms with Gasteiger partial charge in [0.15, 0.2) is 0 Å². The minimum atomic E-state index is -0.874. The number of thioether (sulfide) groups is 1. The van der Waals surface area contributed by atoms with Crippen LogP contribution in [0.25, 0.3) is 0 Å². The Balaban J connectivity index is 1.86. The van der Waals surface area contributed by atoms with E-state index < -0.39 is 12.0 Å². The summed E-state index contributed by atoms with van der Waals surface area (Å²) in [5, 5.41) is 12.6. The van der Waals surface area contributed by atoms with Crippen LogP contribution in [0.4, 0.5) is 0 Å². The molecule has 1 saturated heterocycles. The molecule has 1 fully saturated rings. The summed E-state index contributed by atoms with van der Waals surface area (Å²) in [5.74, 6) is 0.309. The van der Waals surface area contributed by atoms with Crippen molar-refractivity contribution in [2.75, 3.05) is 24.6 Å². The largest absolute Gasteiger partial charge is 0.480 e. The van der Waals surface area contributed by atoms with E-state index in [1.165, 1.54) is 0 Å². The average molecular weight is 329 g/mol. The van der Waals surface area contributed by atoms with Crippen LogP contribution in [0.3, 0.4) is 0 Å². The lowest BCUT2D eigenvalue weighted by molar-refractivity contribution is -0.143. The Labute approximate surface area is 132 Å². The van der Waals surface area contributed by atoms with Crippen LogP contribution in [0.5, 0.6) is 0 Å². The summed E-state index contributed by atoms with van der Waals surface area (Å²) in [4.78, 5) is 24.8. The van der Waals surface area contributed by atoms with Gasteiger partial charge < -0.3 is 10.4 Å². The third kappa shape index (κ3) is 4.62. The zero-order valence-corrected chi connectivity index (χ0v) is 13.0. The molecule has 1 unspecified atom stereocenters. The molecule has 2 rings (SSSR count). The summed E-state index contributed by atoms with van der Waals surface area (Å²) in [7, 11) is 0. The predicted octanol–water partition coefficient (Wildman–Crippen LogP) is 1.46. The van der Waals surface area contributed by atoms with E-state index in [1.54, 1.807) is 22.7 Å². The molecule has 7 heteroatoms. The first-order valence-corrected chi connectivity index (χ1v) is 8.16. The van der Waals surface area contributed by atoms with E-state index in [-0.39, 0.29) is 12.5 Å². The standard InChI is InChI=1S/C14H17ClN2O3S/c15-11-4-2-1-3-10(11)7-16-13(18)8-17-5-6-21-9-12(17)14(19)20/h1-4,12H,5-9H2,(H,16,18)(H,19,20). The van der Waals surface area contributed by atoms with E-state index >= 15 is 0 Å². The van der Waals surface area contributed by atoms with E-state index in [0.29, 0.717) is 23.9 Å². The van der Waals surface area contributed by atoms with Gasteiger partial charge in [-0.2, -0.15) is 11.8 Å². The third-order valence-corrected chi connectivity index (χ3v) is 4.70. The van der Waals surface area contributed by atoms with Crippen molar-refractivity contribution in [1.82, 2.24) is 10.2 Å². The number of amides is 1. The minimum absolute atomic E-state index is 0.0992. The average Bonchev–Trinajstić information content (AvgIpc) is 2.47. The SMILES string of the molecule is O=C(CN1CCSCC1C(=O)O)NCc1ccccc1Cl. The van der Waals surface area contributed by atoms with Crippen molar-refractivity contribution in [3.05, 3.63) is 34.9 Å². The molecule has 1 atom stereocenters. The number of carboxylic acid groups (broad SMARTS) is 1. The minimum Gasteiger partial charge on any atom is -0.480 e. The molecule has 1 aromatic carbocycles. The number of aliphatic carboxylic acids is 1. The second-order valence-corrected chi connectivity index (χ2v) is 6.32. The third-order valence-electron chi connectivity index (χ3n) is 3.30. The summed E-state index contributed by atoms with van der Waals surface area (Å²) in [5.41, 5.74) is 0.844. The van der Waals surface area contributed by atoms with Crippen molar-refractivity contribution in [2.24, 2.45) is 0 Å². The van der Waals surface area contributed by atoms with Gasteiger partial charge in [-0.3, -0.25) is 14.5 Å². The highest BCUT2D eigenvalue weighted by molar-refractivity contribution is 7.99. The molecule has 1 aliphatic heterocycles. The quantitative estimate of drug-likeness (QED) is 0.856. The molecule has 2 N–H and O–H groups in total. The van der Waals surface area contributed by atoms with Gasteiger partial charge >= 0.3 is 5.97 Å². The number of halogens is 1. The lowest BCUT2D eigenvalue weighted by Gasteiger charge is -2.31. The molecule has 0 bridgehead atoms. The molecule has 0 aliphatic carbocycles.